The Balaban J connectivity index is 1.66. The molecule has 5 rings (SSSR count). The topological polar surface area (TPSA) is 61.1 Å². The molecular weight excluding hydrogens is 394 g/mol. The maximum atomic E-state index is 12.2. The fourth-order valence-corrected chi connectivity index (χ4v) is 7.47. The van der Waals surface area contributed by atoms with Gasteiger partial charge in [-0.25, -0.2) is 0 Å². The molecule has 0 amide bonds. The highest BCUT2D eigenvalue weighted by molar-refractivity contribution is 5.93. The second kappa shape index (κ2) is 7.56. The molecule has 5 atom stereocenters. The van der Waals surface area contributed by atoms with Gasteiger partial charge in [-0.3, -0.25) is 4.79 Å². The fourth-order valence-electron chi connectivity index (χ4n) is 7.47. The van der Waals surface area contributed by atoms with Crippen LogP contribution in [0.5, 0.6) is 0 Å². The summed E-state index contributed by atoms with van der Waals surface area (Å²) in [5, 5.41) is 21.2. The summed E-state index contributed by atoms with van der Waals surface area (Å²) >= 11 is 0. The average molecular weight is 428 g/mol. The number of aliphatic hydroxyl groups is 1. The van der Waals surface area contributed by atoms with Crippen molar-refractivity contribution in [3.05, 3.63) is 64.8 Å². The predicted octanol–water partition coefficient (Wildman–Crippen LogP) is 6.26. The minimum absolute atomic E-state index is 0.208. The van der Waals surface area contributed by atoms with Crippen LogP contribution in [-0.2, 0) is 4.79 Å². The minimum atomic E-state index is -0.919. The summed E-state index contributed by atoms with van der Waals surface area (Å²) in [4.78, 5) is 12.2. The van der Waals surface area contributed by atoms with Crippen LogP contribution in [0, 0.1) is 28.6 Å². The maximum absolute atomic E-state index is 12.2. The Kier molecular flexibility index (Phi) is 5.06. The zero-order valence-electron chi connectivity index (χ0n) is 19.3. The molecule has 0 aromatic heterocycles. The number of ketones is 1. The molecule has 32 heavy (non-hydrogen) atoms. The third-order valence-electron chi connectivity index (χ3n) is 9.23. The molecule has 0 aliphatic heterocycles. The lowest BCUT2D eigenvalue weighted by molar-refractivity contribution is -0.114. The Labute approximate surface area is 191 Å². The van der Waals surface area contributed by atoms with E-state index in [0.29, 0.717) is 24.7 Å². The Morgan fingerprint density at radius 1 is 1.22 bits per heavy atom. The molecule has 1 N–H and O–H groups in total. The fraction of sp³-hybridized carbons (Fsp3) is 0.517. The monoisotopic (exact) mass is 427 g/mol. The summed E-state index contributed by atoms with van der Waals surface area (Å²) < 4.78 is 0. The predicted molar refractivity (Wildman–Crippen MR) is 127 cm³/mol. The smallest absolute Gasteiger partial charge is 0.156 e. The first-order valence-corrected chi connectivity index (χ1v) is 12.1. The number of fused-ring (bicyclic) bond motifs is 4. The number of allylic oxidation sites excluding steroid dienone is 5. The number of carbonyl (C=O) groups is 1. The molecule has 4 aliphatic carbocycles. The van der Waals surface area contributed by atoms with Crippen molar-refractivity contribution in [1.29, 1.82) is 5.26 Å². The molecule has 4 aliphatic rings. The molecule has 2 fully saturated rings. The molecule has 0 unspecified atom stereocenters. The van der Waals surface area contributed by atoms with E-state index < -0.39 is 5.60 Å². The Hall–Kier alpha value is -2.44. The van der Waals surface area contributed by atoms with E-state index in [4.69, 9.17) is 0 Å². The lowest BCUT2D eigenvalue weighted by Gasteiger charge is -2.54. The second-order valence-electron chi connectivity index (χ2n) is 10.8. The third-order valence-corrected chi connectivity index (χ3v) is 9.23. The van der Waals surface area contributed by atoms with Crippen molar-refractivity contribution in [2.45, 2.75) is 76.7 Å². The SMILES string of the molecule is C=C(C)c1ccc([C@H]2C[C@@]3(C)[C@@H](CC[C@@]3(O)CC#N)[C@@H]3CCC4=CC(=O)CCC4=C32)cc1. The average Bonchev–Trinajstić information content (AvgIpc) is 3.03. The van der Waals surface area contributed by atoms with Gasteiger partial charge in [0.2, 0.25) is 0 Å². The molecule has 0 saturated heterocycles. The van der Waals surface area contributed by atoms with Crippen molar-refractivity contribution in [2.24, 2.45) is 17.3 Å². The summed E-state index contributed by atoms with van der Waals surface area (Å²) in [5.41, 5.74) is 6.50. The molecular formula is C29H33NO2. The quantitative estimate of drug-likeness (QED) is 0.619. The molecule has 1 aromatic carbocycles. The van der Waals surface area contributed by atoms with Crippen molar-refractivity contribution in [3.63, 3.8) is 0 Å². The van der Waals surface area contributed by atoms with Crippen LogP contribution in [-0.4, -0.2) is 16.5 Å². The zero-order valence-corrected chi connectivity index (χ0v) is 19.3. The van der Waals surface area contributed by atoms with E-state index in [9.17, 15) is 15.2 Å². The van der Waals surface area contributed by atoms with Crippen LogP contribution < -0.4 is 0 Å². The highest BCUT2D eigenvalue weighted by Crippen LogP contribution is 2.67. The van der Waals surface area contributed by atoms with Crippen molar-refractivity contribution >= 4 is 11.4 Å². The molecule has 0 spiro atoms. The van der Waals surface area contributed by atoms with Crippen LogP contribution in [0.25, 0.3) is 5.57 Å². The van der Waals surface area contributed by atoms with Crippen LogP contribution in [0.3, 0.4) is 0 Å². The Morgan fingerprint density at radius 3 is 2.66 bits per heavy atom. The zero-order chi connectivity index (χ0) is 22.7. The third kappa shape index (κ3) is 3.07. The van der Waals surface area contributed by atoms with Crippen LogP contribution in [0.4, 0.5) is 0 Å². The molecule has 2 saturated carbocycles. The van der Waals surface area contributed by atoms with Gasteiger partial charge in [0.15, 0.2) is 5.78 Å². The van der Waals surface area contributed by atoms with E-state index in [1.807, 2.05) is 13.0 Å². The Bertz CT molecular complexity index is 1090. The van der Waals surface area contributed by atoms with Crippen molar-refractivity contribution < 1.29 is 9.90 Å². The van der Waals surface area contributed by atoms with Gasteiger partial charge in [0.1, 0.15) is 0 Å². The molecule has 0 heterocycles. The van der Waals surface area contributed by atoms with Gasteiger partial charge in [-0.1, -0.05) is 48.9 Å². The van der Waals surface area contributed by atoms with E-state index in [1.54, 1.807) is 0 Å². The van der Waals surface area contributed by atoms with Crippen molar-refractivity contribution in [1.82, 2.24) is 0 Å². The number of benzene rings is 1. The number of carbonyl (C=O) groups excluding carboxylic acids is 1. The highest BCUT2D eigenvalue weighted by Gasteiger charge is 2.62. The summed E-state index contributed by atoms with van der Waals surface area (Å²) in [5.74, 6) is 1.30. The molecule has 3 nitrogen and oxygen atoms in total. The van der Waals surface area contributed by atoms with Crippen LogP contribution in [0.1, 0.15) is 82.3 Å². The van der Waals surface area contributed by atoms with E-state index >= 15 is 0 Å². The maximum Gasteiger partial charge on any atom is 0.156 e. The number of hydrogen-bond donors (Lipinski definition) is 1. The second-order valence-corrected chi connectivity index (χ2v) is 10.8. The summed E-state index contributed by atoms with van der Waals surface area (Å²) in [6, 6.07) is 11.1. The van der Waals surface area contributed by atoms with E-state index in [2.05, 4.69) is 43.8 Å². The number of hydrogen-bond acceptors (Lipinski definition) is 3. The molecule has 1 aromatic rings. The first-order chi connectivity index (χ1) is 15.3. The summed E-state index contributed by atoms with van der Waals surface area (Å²) in [6.45, 7) is 8.35. The van der Waals surface area contributed by atoms with Gasteiger partial charge in [-0.2, -0.15) is 5.26 Å². The van der Waals surface area contributed by atoms with Gasteiger partial charge in [0.05, 0.1) is 18.1 Å². The van der Waals surface area contributed by atoms with Gasteiger partial charge in [0.25, 0.3) is 0 Å². The summed E-state index contributed by atoms with van der Waals surface area (Å²) in [7, 11) is 0. The standard InChI is InChI=1S/C29H33NO2/c1-18(2)19-4-6-20(7-5-19)25-17-28(3)26(12-13-29(28,32)14-15-30)24-10-8-21-16-22(31)9-11-23(21)27(24)25/h4-7,16,24-26,32H,1,8-14,17H2,2-3H3/t24-,25+,26-,28-,29+/m0/s1. The highest BCUT2D eigenvalue weighted by atomic mass is 16.3. The first kappa shape index (κ1) is 21.4. The normalized spacial score (nSPS) is 36.0. The summed E-state index contributed by atoms with van der Waals surface area (Å²) in [6.07, 6.45) is 8.12. The van der Waals surface area contributed by atoms with Crippen molar-refractivity contribution in [3.8, 4) is 6.07 Å². The minimum Gasteiger partial charge on any atom is -0.388 e. The van der Waals surface area contributed by atoms with Gasteiger partial charge in [-0.05, 0) is 85.6 Å². The van der Waals surface area contributed by atoms with Crippen LogP contribution in [0.15, 0.2) is 53.6 Å². The van der Waals surface area contributed by atoms with Crippen LogP contribution >= 0.6 is 0 Å². The number of nitrogens with zero attached hydrogens (tertiary/aromatic N) is 1. The van der Waals surface area contributed by atoms with E-state index in [-0.39, 0.29) is 23.5 Å². The van der Waals surface area contributed by atoms with Gasteiger partial charge >= 0.3 is 0 Å². The van der Waals surface area contributed by atoms with E-state index in [1.165, 1.54) is 22.3 Å². The van der Waals surface area contributed by atoms with Crippen LogP contribution in [0.2, 0.25) is 0 Å². The number of nitriles is 1. The lowest BCUT2D eigenvalue weighted by Crippen LogP contribution is -2.51. The van der Waals surface area contributed by atoms with E-state index in [0.717, 1.165) is 43.2 Å². The Morgan fingerprint density at radius 2 is 1.97 bits per heavy atom. The number of rotatable bonds is 3. The van der Waals surface area contributed by atoms with Gasteiger partial charge in [-0.15, -0.1) is 0 Å². The first-order valence-electron chi connectivity index (χ1n) is 12.1. The largest absolute Gasteiger partial charge is 0.388 e. The van der Waals surface area contributed by atoms with Gasteiger partial charge < -0.3 is 5.11 Å². The molecule has 0 radical (unpaired) electrons. The van der Waals surface area contributed by atoms with Gasteiger partial charge in [0, 0.05) is 17.8 Å². The molecule has 3 heteroatoms. The lowest BCUT2D eigenvalue weighted by atomic mass is 9.51. The molecule has 0 bridgehead atoms. The molecule has 166 valence electrons. The van der Waals surface area contributed by atoms with Crippen molar-refractivity contribution in [2.75, 3.05) is 0 Å².